The first-order valence-corrected chi connectivity index (χ1v) is 9.68. The lowest BCUT2D eigenvalue weighted by atomic mass is 9.91. The van der Waals surface area contributed by atoms with Crippen molar-refractivity contribution in [1.29, 1.82) is 0 Å². The molecule has 5 heteroatoms. The number of ketones is 1. The largest absolute Gasteiger partial charge is 0.452 e. The van der Waals surface area contributed by atoms with Crippen LogP contribution in [0.4, 0.5) is 5.69 Å². The molecule has 0 unspecified atom stereocenters. The molecule has 0 heterocycles. The van der Waals surface area contributed by atoms with E-state index in [1.807, 2.05) is 60.7 Å². The maximum atomic E-state index is 13.0. The van der Waals surface area contributed by atoms with Crippen molar-refractivity contribution < 1.29 is 19.1 Å². The van der Waals surface area contributed by atoms with Crippen LogP contribution in [0.2, 0.25) is 0 Å². The Labute approximate surface area is 175 Å². The number of Topliss-reactive ketones (excluding diaryl/α,β-unsaturated/α-hetero) is 1. The van der Waals surface area contributed by atoms with E-state index in [1.165, 1.54) is 13.8 Å². The van der Waals surface area contributed by atoms with Crippen molar-refractivity contribution in [2.75, 3.05) is 5.32 Å². The fourth-order valence-corrected chi connectivity index (χ4v) is 3.11. The second kappa shape index (κ2) is 9.65. The first-order chi connectivity index (χ1) is 14.5. The van der Waals surface area contributed by atoms with Gasteiger partial charge in [-0.1, -0.05) is 72.8 Å². The van der Waals surface area contributed by atoms with Gasteiger partial charge in [0.1, 0.15) is 5.92 Å². The summed E-state index contributed by atoms with van der Waals surface area (Å²) >= 11 is 0. The molecule has 0 spiro atoms. The summed E-state index contributed by atoms with van der Waals surface area (Å²) in [6.07, 6.45) is -1.01. The normalized spacial score (nSPS) is 11.6. The maximum Gasteiger partial charge on any atom is 0.318 e. The number of ether oxygens (including phenoxy) is 1. The molecule has 0 bridgehead atoms. The molecule has 0 aliphatic carbocycles. The van der Waals surface area contributed by atoms with Gasteiger partial charge in [0.05, 0.1) is 0 Å². The Kier molecular flexibility index (Phi) is 6.75. The molecule has 3 aromatic rings. The zero-order valence-corrected chi connectivity index (χ0v) is 16.9. The van der Waals surface area contributed by atoms with Crippen LogP contribution in [-0.4, -0.2) is 23.8 Å². The van der Waals surface area contributed by atoms with Gasteiger partial charge in [0, 0.05) is 11.3 Å². The van der Waals surface area contributed by atoms with Crippen LogP contribution >= 0.6 is 0 Å². The van der Waals surface area contributed by atoms with Crippen molar-refractivity contribution in [2.45, 2.75) is 25.9 Å². The monoisotopic (exact) mass is 401 g/mol. The van der Waals surface area contributed by atoms with Crippen molar-refractivity contribution in [1.82, 2.24) is 0 Å². The molecule has 0 saturated carbocycles. The summed E-state index contributed by atoms with van der Waals surface area (Å²) in [5.41, 5.74) is 2.54. The minimum atomic E-state index is -1.01. The molecule has 0 aromatic heterocycles. The van der Waals surface area contributed by atoms with Gasteiger partial charge in [0.15, 0.2) is 11.9 Å². The van der Waals surface area contributed by atoms with Crippen molar-refractivity contribution in [3.63, 3.8) is 0 Å². The highest BCUT2D eigenvalue weighted by molar-refractivity contribution is 5.98. The number of nitrogens with one attached hydrogen (secondary N) is 1. The molecule has 3 aromatic carbocycles. The third-order valence-electron chi connectivity index (χ3n) is 4.70. The van der Waals surface area contributed by atoms with Crippen LogP contribution in [0.5, 0.6) is 0 Å². The average Bonchev–Trinajstić information content (AvgIpc) is 2.75. The Morgan fingerprint density at radius 3 is 1.90 bits per heavy atom. The number of carbonyl (C=O) groups is 3. The quantitative estimate of drug-likeness (QED) is 0.464. The predicted molar refractivity (Wildman–Crippen MR) is 115 cm³/mol. The third-order valence-corrected chi connectivity index (χ3v) is 4.70. The van der Waals surface area contributed by atoms with Gasteiger partial charge in [-0.25, -0.2) is 0 Å². The summed E-state index contributed by atoms with van der Waals surface area (Å²) in [5, 5.41) is 2.69. The first-order valence-electron chi connectivity index (χ1n) is 9.68. The van der Waals surface area contributed by atoms with Gasteiger partial charge < -0.3 is 10.1 Å². The highest BCUT2D eigenvalue weighted by Gasteiger charge is 2.27. The number of rotatable bonds is 7. The number of esters is 1. The minimum Gasteiger partial charge on any atom is -0.452 e. The molecular weight excluding hydrogens is 378 g/mol. The van der Waals surface area contributed by atoms with Crippen molar-refractivity contribution in [2.24, 2.45) is 0 Å². The van der Waals surface area contributed by atoms with E-state index in [0.29, 0.717) is 11.3 Å². The predicted octanol–water partition coefficient (Wildman–Crippen LogP) is 4.59. The summed E-state index contributed by atoms with van der Waals surface area (Å²) in [4.78, 5) is 37.1. The van der Waals surface area contributed by atoms with Gasteiger partial charge in [-0.15, -0.1) is 0 Å². The Balaban J connectivity index is 1.74. The smallest absolute Gasteiger partial charge is 0.318 e. The van der Waals surface area contributed by atoms with Crippen molar-refractivity contribution in [3.05, 3.63) is 102 Å². The topological polar surface area (TPSA) is 72.5 Å². The molecule has 0 fully saturated rings. The van der Waals surface area contributed by atoms with Gasteiger partial charge in [-0.2, -0.15) is 0 Å². The summed E-state index contributed by atoms with van der Waals surface area (Å²) in [6.45, 7) is 2.98. The molecular formula is C25H23NO4. The van der Waals surface area contributed by atoms with Gasteiger partial charge >= 0.3 is 5.97 Å². The number of hydrogen-bond acceptors (Lipinski definition) is 4. The van der Waals surface area contributed by atoms with Crippen LogP contribution < -0.4 is 5.32 Å². The highest BCUT2D eigenvalue weighted by atomic mass is 16.5. The van der Waals surface area contributed by atoms with E-state index in [2.05, 4.69) is 5.32 Å². The molecule has 30 heavy (non-hydrogen) atoms. The van der Waals surface area contributed by atoms with Crippen LogP contribution in [-0.2, 0) is 14.3 Å². The molecule has 0 saturated heterocycles. The first kappa shape index (κ1) is 21.0. The summed E-state index contributed by atoms with van der Waals surface area (Å²) < 4.78 is 5.52. The standard InChI is InChI=1S/C25H23NO4/c1-17(27)21-14-9-15-22(16-21)26-24(28)18(2)30-25(29)23(19-10-5-3-6-11-19)20-12-7-4-8-13-20/h3-16,18,23H,1-2H3,(H,26,28)/t18-/m1/s1. The molecule has 3 rings (SSSR count). The van der Waals surface area contributed by atoms with Crippen LogP contribution in [0.15, 0.2) is 84.9 Å². The molecule has 1 amide bonds. The number of benzene rings is 3. The van der Waals surface area contributed by atoms with Crippen LogP contribution in [0.1, 0.15) is 41.3 Å². The van der Waals surface area contributed by atoms with Gasteiger partial charge in [-0.05, 0) is 37.1 Å². The molecule has 1 atom stereocenters. The van der Waals surface area contributed by atoms with E-state index < -0.39 is 23.9 Å². The van der Waals surface area contributed by atoms with E-state index >= 15 is 0 Å². The minimum absolute atomic E-state index is 0.0980. The second-order valence-electron chi connectivity index (χ2n) is 6.96. The average molecular weight is 401 g/mol. The molecule has 1 N–H and O–H groups in total. The van der Waals surface area contributed by atoms with E-state index in [1.54, 1.807) is 24.3 Å². The zero-order chi connectivity index (χ0) is 21.5. The van der Waals surface area contributed by atoms with E-state index in [-0.39, 0.29) is 5.78 Å². The fourth-order valence-electron chi connectivity index (χ4n) is 3.11. The van der Waals surface area contributed by atoms with E-state index in [0.717, 1.165) is 11.1 Å². The van der Waals surface area contributed by atoms with Crippen LogP contribution in [0, 0.1) is 0 Å². The second-order valence-corrected chi connectivity index (χ2v) is 6.96. The van der Waals surface area contributed by atoms with Gasteiger partial charge in [-0.3, -0.25) is 14.4 Å². The lowest BCUT2D eigenvalue weighted by Gasteiger charge is -2.20. The molecule has 0 aliphatic rings. The Bertz CT molecular complexity index is 992. The van der Waals surface area contributed by atoms with E-state index in [9.17, 15) is 14.4 Å². The Morgan fingerprint density at radius 2 is 1.37 bits per heavy atom. The molecule has 0 aliphatic heterocycles. The summed E-state index contributed by atoms with van der Waals surface area (Å²) in [5.74, 6) is -1.71. The lowest BCUT2D eigenvalue weighted by Crippen LogP contribution is -2.32. The zero-order valence-electron chi connectivity index (χ0n) is 16.9. The van der Waals surface area contributed by atoms with Crippen LogP contribution in [0.3, 0.4) is 0 Å². The lowest BCUT2D eigenvalue weighted by molar-refractivity contribution is -0.153. The summed E-state index contributed by atoms with van der Waals surface area (Å²) in [6, 6.07) is 25.2. The van der Waals surface area contributed by atoms with Gasteiger partial charge in [0.2, 0.25) is 0 Å². The van der Waals surface area contributed by atoms with Crippen molar-refractivity contribution in [3.8, 4) is 0 Å². The van der Waals surface area contributed by atoms with Crippen LogP contribution in [0.25, 0.3) is 0 Å². The van der Waals surface area contributed by atoms with Gasteiger partial charge in [0.25, 0.3) is 5.91 Å². The Morgan fingerprint density at radius 1 is 0.800 bits per heavy atom. The number of carbonyl (C=O) groups excluding carboxylic acids is 3. The SMILES string of the molecule is CC(=O)c1cccc(NC(=O)[C@@H](C)OC(=O)C(c2ccccc2)c2ccccc2)c1. The third kappa shape index (κ3) is 5.20. The number of amides is 1. The molecule has 5 nitrogen and oxygen atoms in total. The molecule has 0 radical (unpaired) electrons. The van der Waals surface area contributed by atoms with Crippen molar-refractivity contribution >= 4 is 23.3 Å². The number of anilines is 1. The maximum absolute atomic E-state index is 13.0. The Hall–Kier alpha value is -3.73. The molecule has 152 valence electrons. The fraction of sp³-hybridized carbons (Fsp3) is 0.160. The number of hydrogen-bond donors (Lipinski definition) is 1. The van der Waals surface area contributed by atoms with E-state index in [4.69, 9.17) is 4.74 Å². The summed E-state index contributed by atoms with van der Waals surface area (Å²) in [7, 11) is 0. The highest BCUT2D eigenvalue weighted by Crippen LogP contribution is 2.26.